The molecule has 1 amide bonds. The number of hydrogen-bond donors (Lipinski definition) is 2. The average molecular weight is 180 g/mol. The van der Waals surface area contributed by atoms with Gasteiger partial charge < -0.3 is 5.11 Å². The average Bonchev–Trinajstić information content (AvgIpc) is 1.86. The van der Waals surface area contributed by atoms with Gasteiger partial charge >= 0.3 is 6.41 Å². The molecular formula is C5H10NO4S. The van der Waals surface area contributed by atoms with Crippen molar-refractivity contribution < 1.29 is 18.3 Å². The summed E-state index contributed by atoms with van der Waals surface area (Å²) < 4.78 is 22.8. The van der Waals surface area contributed by atoms with Gasteiger partial charge in [-0.05, 0) is 6.42 Å². The minimum Gasteiger partial charge on any atom is -0.392 e. The Bertz CT molecular complexity index is 211. The van der Waals surface area contributed by atoms with E-state index in [0.29, 0.717) is 6.42 Å². The van der Waals surface area contributed by atoms with Gasteiger partial charge in [-0.3, -0.25) is 4.79 Å². The van der Waals surface area contributed by atoms with Crippen LogP contribution in [0.25, 0.3) is 0 Å². The van der Waals surface area contributed by atoms with Gasteiger partial charge in [0.25, 0.3) is 0 Å². The Balaban J connectivity index is 4.02. The molecule has 1 atom stereocenters. The lowest BCUT2D eigenvalue weighted by Gasteiger charge is -2.05. The lowest BCUT2D eigenvalue weighted by molar-refractivity contribution is 0.193. The van der Waals surface area contributed by atoms with Gasteiger partial charge in [0, 0.05) is 0 Å². The molecule has 0 fully saturated rings. The normalized spacial score (nSPS) is 14.0. The lowest BCUT2D eigenvalue weighted by atomic mass is 10.3. The van der Waals surface area contributed by atoms with Gasteiger partial charge in [-0.25, -0.2) is 13.1 Å². The lowest BCUT2D eigenvalue weighted by Crippen LogP contribution is -2.30. The molecule has 0 rings (SSSR count). The predicted molar refractivity (Wildman–Crippen MR) is 38.9 cm³/mol. The third-order valence-electron chi connectivity index (χ3n) is 1.08. The maximum absolute atomic E-state index is 10.7. The number of sulfonamides is 1. The highest BCUT2D eigenvalue weighted by Gasteiger charge is 2.14. The van der Waals surface area contributed by atoms with Crippen LogP contribution in [-0.2, 0) is 14.8 Å². The van der Waals surface area contributed by atoms with E-state index < -0.39 is 21.9 Å². The molecule has 0 aliphatic heterocycles. The minimum atomic E-state index is -3.67. The number of nitrogens with one attached hydrogen (secondary N) is 1. The van der Waals surface area contributed by atoms with Crippen LogP contribution in [0.4, 0.5) is 0 Å². The van der Waals surface area contributed by atoms with Crippen LogP contribution in [0.15, 0.2) is 0 Å². The maximum Gasteiger partial charge on any atom is 0.323 e. The molecule has 0 spiro atoms. The molecule has 2 N–H and O–H groups in total. The molecule has 0 aliphatic carbocycles. The number of aliphatic hydroxyl groups is 1. The molecular weight excluding hydrogens is 170 g/mol. The zero-order valence-electron chi connectivity index (χ0n) is 6.07. The first-order valence-corrected chi connectivity index (χ1v) is 4.71. The Morgan fingerprint density at radius 3 is 2.55 bits per heavy atom. The molecule has 65 valence electrons. The van der Waals surface area contributed by atoms with Crippen molar-refractivity contribution in [1.29, 1.82) is 0 Å². The number of rotatable bonds is 5. The zero-order chi connectivity index (χ0) is 8.91. The molecule has 0 aromatic carbocycles. The summed E-state index contributed by atoms with van der Waals surface area (Å²) in [6, 6.07) is 0. The number of aliphatic hydroxyl groups excluding tert-OH is 1. The number of carbonyl (C=O) groups excluding carboxylic acids is 1. The van der Waals surface area contributed by atoms with Crippen molar-refractivity contribution in [3.63, 3.8) is 0 Å². The summed E-state index contributed by atoms with van der Waals surface area (Å²) in [6.45, 7) is 1.64. The molecule has 0 saturated carbocycles. The third-order valence-corrected chi connectivity index (χ3v) is 2.30. The fraction of sp³-hybridized carbons (Fsp3) is 0.800. The second-order valence-corrected chi connectivity index (χ2v) is 3.81. The second-order valence-electron chi connectivity index (χ2n) is 2.05. The van der Waals surface area contributed by atoms with Crippen molar-refractivity contribution in [2.45, 2.75) is 19.4 Å². The van der Waals surface area contributed by atoms with E-state index in [-0.39, 0.29) is 0 Å². The molecule has 5 nitrogen and oxygen atoms in total. The molecule has 1 radical (unpaired) electrons. The van der Waals surface area contributed by atoms with Gasteiger partial charge in [-0.2, -0.15) is 0 Å². The van der Waals surface area contributed by atoms with E-state index in [1.165, 1.54) is 4.72 Å². The molecule has 6 heteroatoms. The van der Waals surface area contributed by atoms with Crippen molar-refractivity contribution in [3.8, 4) is 0 Å². The van der Waals surface area contributed by atoms with Crippen molar-refractivity contribution in [1.82, 2.24) is 4.72 Å². The number of hydrogen-bond acceptors (Lipinski definition) is 4. The van der Waals surface area contributed by atoms with Crippen LogP contribution < -0.4 is 4.72 Å². The van der Waals surface area contributed by atoms with E-state index in [0.717, 1.165) is 6.41 Å². The van der Waals surface area contributed by atoms with E-state index in [1.807, 2.05) is 0 Å². The van der Waals surface area contributed by atoms with Crippen LogP contribution in [-0.4, -0.2) is 31.8 Å². The quantitative estimate of drug-likeness (QED) is 0.517. The Kier molecular flexibility index (Phi) is 4.06. The molecule has 11 heavy (non-hydrogen) atoms. The highest BCUT2D eigenvalue weighted by Crippen LogP contribution is 1.93. The van der Waals surface area contributed by atoms with Crippen LogP contribution in [0, 0.1) is 0 Å². The highest BCUT2D eigenvalue weighted by molar-refractivity contribution is 7.90. The summed E-state index contributed by atoms with van der Waals surface area (Å²) >= 11 is 0. The predicted octanol–water partition coefficient (Wildman–Crippen LogP) is -1.26. The van der Waals surface area contributed by atoms with E-state index >= 15 is 0 Å². The Labute approximate surface area is 65.5 Å². The SMILES string of the molecule is CCC(O)CS(=O)(=O)N[C]=O. The highest BCUT2D eigenvalue weighted by atomic mass is 32.2. The van der Waals surface area contributed by atoms with Crippen LogP contribution in [0.2, 0.25) is 0 Å². The van der Waals surface area contributed by atoms with Gasteiger partial charge in [-0.15, -0.1) is 0 Å². The summed E-state index contributed by atoms with van der Waals surface area (Å²) in [4.78, 5) is 9.59. The first kappa shape index (κ1) is 10.4. The number of amides is 1. The van der Waals surface area contributed by atoms with Crippen LogP contribution in [0.3, 0.4) is 0 Å². The Morgan fingerprint density at radius 2 is 2.18 bits per heavy atom. The Morgan fingerprint density at radius 1 is 1.64 bits per heavy atom. The van der Waals surface area contributed by atoms with Crippen molar-refractivity contribution in [2.75, 3.05) is 5.75 Å². The molecule has 0 aromatic rings. The first-order valence-electron chi connectivity index (χ1n) is 3.06. The maximum atomic E-state index is 10.7. The smallest absolute Gasteiger partial charge is 0.323 e. The summed E-state index contributed by atoms with van der Waals surface area (Å²) in [5.41, 5.74) is 0. The van der Waals surface area contributed by atoms with Crippen LogP contribution in [0.5, 0.6) is 0 Å². The summed E-state index contributed by atoms with van der Waals surface area (Å²) in [6.07, 6.45) is 0.442. The van der Waals surface area contributed by atoms with Crippen molar-refractivity contribution in [3.05, 3.63) is 0 Å². The fourth-order valence-electron chi connectivity index (χ4n) is 0.476. The molecule has 0 heterocycles. The van der Waals surface area contributed by atoms with E-state index in [2.05, 4.69) is 0 Å². The van der Waals surface area contributed by atoms with E-state index in [9.17, 15) is 13.2 Å². The fourth-order valence-corrected chi connectivity index (χ4v) is 1.43. The topological polar surface area (TPSA) is 83.5 Å². The first-order chi connectivity index (χ1) is 5.02. The van der Waals surface area contributed by atoms with Crippen LogP contribution >= 0.6 is 0 Å². The van der Waals surface area contributed by atoms with Crippen molar-refractivity contribution in [2.24, 2.45) is 0 Å². The summed E-state index contributed by atoms with van der Waals surface area (Å²) in [5, 5.41) is 8.87. The van der Waals surface area contributed by atoms with Crippen LogP contribution in [0.1, 0.15) is 13.3 Å². The molecule has 0 bridgehead atoms. The summed E-state index contributed by atoms with van der Waals surface area (Å²) in [7, 11) is -3.67. The summed E-state index contributed by atoms with van der Waals surface area (Å²) in [5.74, 6) is -0.460. The molecule has 1 unspecified atom stereocenters. The standard InChI is InChI=1S/C5H10NO4S/c1-2-5(8)3-11(9,10)6-4-7/h5,8H,2-3H2,1H3,(H,6,7). The van der Waals surface area contributed by atoms with Gasteiger partial charge in [0.1, 0.15) is 0 Å². The third kappa shape index (κ3) is 4.74. The van der Waals surface area contributed by atoms with Gasteiger partial charge in [0.15, 0.2) is 0 Å². The second kappa shape index (κ2) is 4.30. The van der Waals surface area contributed by atoms with E-state index in [4.69, 9.17) is 5.11 Å². The zero-order valence-corrected chi connectivity index (χ0v) is 6.89. The molecule has 0 aliphatic rings. The van der Waals surface area contributed by atoms with E-state index in [1.54, 1.807) is 6.92 Å². The molecule has 0 aromatic heterocycles. The monoisotopic (exact) mass is 180 g/mol. The Hall–Kier alpha value is -0.620. The van der Waals surface area contributed by atoms with Crippen molar-refractivity contribution >= 4 is 16.4 Å². The largest absolute Gasteiger partial charge is 0.392 e. The van der Waals surface area contributed by atoms with Gasteiger partial charge in [0.05, 0.1) is 11.9 Å². The molecule has 0 saturated heterocycles. The van der Waals surface area contributed by atoms with Gasteiger partial charge in [-0.1, -0.05) is 6.92 Å². The minimum absolute atomic E-state index is 0.333. The van der Waals surface area contributed by atoms with Gasteiger partial charge in [0.2, 0.25) is 10.0 Å².